The van der Waals surface area contributed by atoms with Crippen LogP contribution in [0.3, 0.4) is 0 Å². The Hall–Kier alpha value is -2.04. The summed E-state index contributed by atoms with van der Waals surface area (Å²) in [4.78, 5) is 23.7. The highest BCUT2D eigenvalue weighted by molar-refractivity contribution is 5.81. The monoisotopic (exact) mass is 236 g/mol. The third kappa shape index (κ3) is 4.55. The van der Waals surface area contributed by atoms with E-state index in [0.29, 0.717) is 6.54 Å². The minimum atomic E-state index is -0.528. The predicted molar refractivity (Wildman–Crippen MR) is 63.3 cm³/mol. The van der Waals surface area contributed by atoms with Crippen LogP contribution in [0.1, 0.15) is 5.56 Å². The molecule has 0 unspecified atom stereocenters. The number of hydrogen-bond donors (Lipinski definition) is 1. The van der Waals surface area contributed by atoms with Gasteiger partial charge in [0.1, 0.15) is 6.54 Å². The predicted octanol–water partition coefficient (Wildman–Crippen LogP) is 1.00. The van der Waals surface area contributed by atoms with Crippen molar-refractivity contribution < 1.29 is 14.3 Å². The number of amides is 2. The van der Waals surface area contributed by atoms with Gasteiger partial charge in [0.25, 0.3) is 0 Å². The molecule has 0 aliphatic rings. The summed E-state index contributed by atoms with van der Waals surface area (Å²) in [5, 5.41) is 2.72. The highest BCUT2D eigenvalue weighted by Crippen LogP contribution is 1.97. The molecule has 1 aromatic carbocycles. The zero-order valence-corrected chi connectivity index (χ0v) is 9.97. The molecule has 0 saturated carbocycles. The van der Waals surface area contributed by atoms with E-state index in [9.17, 15) is 9.59 Å². The Bertz CT molecular complexity index is 379. The Morgan fingerprint density at radius 1 is 1.29 bits per heavy atom. The highest BCUT2D eigenvalue weighted by atomic mass is 16.5. The lowest BCUT2D eigenvalue weighted by molar-refractivity contribution is -0.121. The SMILES string of the molecule is COC(=O)N(C)CC(=O)NCc1ccccc1. The van der Waals surface area contributed by atoms with Gasteiger partial charge in [0.15, 0.2) is 0 Å². The normalized spacial score (nSPS) is 9.53. The van der Waals surface area contributed by atoms with Gasteiger partial charge in [0.05, 0.1) is 7.11 Å². The highest BCUT2D eigenvalue weighted by Gasteiger charge is 2.12. The first-order valence-corrected chi connectivity index (χ1v) is 5.23. The fourth-order valence-electron chi connectivity index (χ4n) is 1.29. The molecule has 0 spiro atoms. The van der Waals surface area contributed by atoms with Crippen LogP contribution < -0.4 is 5.32 Å². The summed E-state index contributed by atoms with van der Waals surface area (Å²) in [5.74, 6) is -0.221. The Morgan fingerprint density at radius 2 is 1.94 bits per heavy atom. The maximum absolute atomic E-state index is 11.5. The lowest BCUT2D eigenvalue weighted by Gasteiger charge is -2.14. The second kappa shape index (κ2) is 6.52. The maximum atomic E-state index is 11.5. The third-order valence-electron chi connectivity index (χ3n) is 2.20. The second-order valence-electron chi connectivity index (χ2n) is 3.59. The van der Waals surface area contributed by atoms with E-state index < -0.39 is 6.09 Å². The van der Waals surface area contributed by atoms with Gasteiger partial charge in [-0.25, -0.2) is 4.79 Å². The number of benzene rings is 1. The van der Waals surface area contributed by atoms with Crippen molar-refractivity contribution in [3.63, 3.8) is 0 Å². The van der Waals surface area contributed by atoms with Crippen molar-refractivity contribution in [1.29, 1.82) is 0 Å². The number of nitrogens with zero attached hydrogens (tertiary/aromatic N) is 1. The molecule has 1 aromatic rings. The van der Waals surface area contributed by atoms with Gasteiger partial charge in [-0.1, -0.05) is 30.3 Å². The summed E-state index contributed by atoms with van der Waals surface area (Å²) in [6.45, 7) is 0.439. The molecule has 1 N–H and O–H groups in total. The number of carbonyl (C=O) groups is 2. The molecule has 0 aliphatic carbocycles. The number of ether oxygens (including phenoxy) is 1. The van der Waals surface area contributed by atoms with E-state index in [0.717, 1.165) is 5.56 Å². The van der Waals surface area contributed by atoms with Crippen molar-refractivity contribution in [1.82, 2.24) is 10.2 Å². The van der Waals surface area contributed by atoms with Gasteiger partial charge < -0.3 is 15.0 Å². The van der Waals surface area contributed by atoms with Crippen LogP contribution in [0.15, 0.2) is 30.3 Å². The van der Waals surface area contributed by atoms with Crippen molar-refractivity contribution >= 4 is 12.0 Å². The minimum absolute atomic E-state index is 0.0144. The molecular weight excluding hydrogens is 220 g/mol. The second-order valence-corrected chi connectivity index (χ2v) is 3.59. The molecule has 0 aliphatic heterocycles. The first-order valence-electron chi connectivity index (χ1n) is 5.23. The van der Waals surface area contributed by atoms with E-state index in [-0.39, 0.29) is 12.5 Å². The fraction of sp³-hybridized carbons (Fsp3) is 0.333. The van der Waals surface area contributed by atoms with E-state index >= 15 is 0 Å². The Labute approximate surface area is 100 Å². The molecule has 0 bridgehead atoms. The Balaban J connectivity index is 2.33. The van der Waals surface area contributed by atoms with Gasteiger partial charge in [0, 0.05) is 13.6 Å². The smallest absolute Gasteiger partial charge is 0.409 e. The van der Waals surface area contributed by atoms with Crippen LogP contribution in [0.5, 0.6) is 0 Å². The van der Waals surface area contributed by atoms with Crippen molar-refractivity contribution in [3.05, 3.63) is 35.9 Å². The summed E-state index contributed by atoms with van der Waals surface area (Å²) in [6, 6.07) is 9.56. The summed E-state index contributed by atoms with van der Waals surface area (Å²) in [5.41, 5.74) is 1.02. The molecule has 2 amide bonds. The van der Waals surface area contributed by atoms with Crippen LogP contribution in [0, 0.1) is 0 Å². The average molecular weight is 236 g/mol. The largest absolute Gasteiger partial charge is 0.453 e. The Morgan fingerprint density at radius 3 is 2.53 bits per heavy atom. The molecule has 0 fully saturated rings. The van der Waals surface area contributed by atoms with Gasteiger partial charge in [-0.15, -0.1) is 0 Å². The number of methoxy groups -OCH3 is 1. The molecule has 0 saturated heterocycles. The number of hydrogen-bond acceptors (Lipinski definition) is 3. The van der Waals surface area contributed by atoms with E-state index in [2.05, 4.69) is 10.1 Å². The molecule has 92 valence electrons. The van der Waals surface area contributed by atoms with Crippen molar-refractivity contribution in [3.8, 4) is 0 Å². The summed E-state index contributed by atoms with van der Waals surface area (Å²) in [7, 11) is 2.79. The zero-order chi connectivity index (χ0) is 12.7. The van der Waals surface area contributed by atoms with E-state index in [1.165, 1.54) is 19.1 Å². The average Bonchev–Trinajstić information content (AvgIpc) is 2.36. The van der Waals surface area contributed by atoms with Gasteiger partial charge >= 0.3 is 6.09 Å². The summed E-state index contributed by atoms with van der Waals surface area (Å²) >= 11 is 0. The lowest BCUT2D eigenvalue weighted by atomic mass is 10.2. The van der Waals surface area contributed by atoms with Crippen LogP contribution >= 0.6 is 0 Å². The van der Waals surface area contributed by atoms with Crippen LogP contribution in [-0.2, 0) is 16.1 Å². The maximum Gasteiger partial charge on any atom is 0.409 e. The number of nitrogens with one attached hydrogen (secondary N) is 1. The first kappa shape index (κ1) is 13.0. The molecule has 5 heteroatoms. The Kier molecular flexibility index (Phi) is 5.00. The van der Waals surface area contributed by atoms with Crippen LogP contribution in [-0.4, -0.2) is 37.6 Å². The standard InChI is InChI=1S/C12H16N2O3/c1-14(12(16)17-2)9-11(15)13-8-10-6-4-3-5-7-10/h3-7H,8-9H2,1-2H3,(H,13,15). The van der Waals surface area contributed by atoms with Crippen LogP contribution in [0.4, 0.5) is 4.79 Å². The minimum Gasteiger partial charge on any atom is -0.453 e. The van der Waals surface area contributed by atoms with Crippen LogP contribution in [0.25, 0.3) is 0 Å². The molecule has 0 heterocycles. The van der Waals surface area contributed by atoms with Gasteiger partial charge in [0.2, 0.25) is 5.91 Å². The first-order chi connectivity index (χ1) is 8.13. The molecular formula is C12H16N2O3. The molecule has 1 rings (SSSR count). The van der Waals surface area contributed by atoms with Gasteiger partial charge in [-0.05, 0) is 5.56 Å². The van der Waals surface area contributed by atoms with E-state index in [1.807, 2.05) is 30.3 Å². The fourth-order valence-corrected chi connectivity index (χ4v) is 1.29. The topological polar surface area (TPSA) is 58.6 Å². The number of likely N-dealkylation sites (N-methyl/N-ethyl adjacent to an activating group) is 1. The summed E-state index contributed by atoms with van der Waals surface area (Å²) < 4.78 is 4.48. The third-order valence-corrected chi connectivity index (χ3v) is 2.20. The molecule has 0 atom stereocenters. The van der Waals surface area contributed by atoms with Crippen molar-refractivity contribution in [2.24, 2.45) is 0 Å². The molecule has 0 aromatic heterocycles. The molecule has 17 heavy (non-hydrogen) atoms. The molecule has 0 radical (unpaired) electrons. The van der Waals surface area contributed by atoms with Gasteiger partial charge in [-0.3, -0.25) is 4.79 Å². The molecule has 5 nitrogen and oxygen atoms in total. The van der Waals surface area contributed by atoms with Gasteiger partial charge in [-0.2, -0.15) is 0 Å². The van der Waals surface area contributed by atoms with E-state index in [4.69, 9.17) is 0 Å². The van der Waals surface area contributed by atoms with Crippen molar-refractivity contribution in [2.45, 2.75) is 6.54 Å². The summed E-state index contributed by atoms with van der Waals surface area (Å²) in [6.07, 6.45) is -0.528. The quantitative estimate of drug-likeness (QED) is 0.848. The number of carbonyl (C=O) groups excluding carboxylic acids is 2. The zero-order valence-electron chi connectivity index (χ0n) is 9.97. The van der Waals surface area contributed by atoms with Crippen LogP contribution in [0.2, 0.25) is 0 Å². The van der Waals surface area contributed by atoms with E-state index in [1.54, 1.807) is 0 Å². The number of rotatable bonds is 4. The lowest BCUT2D eigenvalue weighted by Crippen LogP contribution is -2.37. The van der Waals surface area contributed by atoms with Crippen molar-refractivity contribution in [2.75, 3.05) is 20.7 Å².